The van der Waals surface area contributed by atoms with Gasteiger partial charge in [-0.1, -0.05) is 23.7 Å². The average Bonchev–Trinajstić information content (AvgIpc) is 2.46. The maximum atomic E-state index is 12.5. The van der Waals surface area contributed by atoms with Crippen LogP contribution in [0.1, 0.15) is 37.1 Å². The van der Waals surface area contributed by atoms with Gasteiger partial charge in [0, 0.05) is 17.8 Å². The van der Waals surface area contributed by atoms with Crippen molar-refractivity contribution in [2.24, 2.45) is 5.73 Å². The van der Waals surface area contributed by atoms with E-state index in [4.69, 9.17) is 22.1 Å². The lowest BCUT2D eigenvalue weighted by atomic mass is 10.0. The van der Waals surface area contributed by atoms with Gasteiger partial charge in [-0.15, -0.1) is 0 Å². The van der Waals surface area contributed by atoms with E-state index in [0.717, 1.165) is 5.56 Å². The topological polar surface area (TPSA) is 57.2 Å². The molecule has 0 aliphatic heterocycles. The van der Waals surface area contributed by atoms with Gasteiger partial charge < -0.3 is 15.0 Å². The molecule has 0 aliphatic rings. The highest BCUT2D eigenvalue weighted by molar-refractivity contribution is 6.32. The van der Waals surface area contributed by atoms with Crippen LogP contribution in [0.4, 0.5) is 0 Å². The predicted octanol–water partition coefficient (Wildman–Crippen LogP) is 3.14. The number of aromatic nitrogens is 1. The number of benzene rings is 1. The summed E-state index contributed by atoms with van der Waals surface area (Å²) in [5, 5.41) is 0.477. The Balaban J connectivity index is 2.45. The predicted molar refractivity (Wildman–Crippen MR) is 85.1 cm³/mol. The van der Waals surface area contributed by atoms with Crippen molar-refractivity contribution in [3.8, 4) is 5.75 Å². The molecule has 0 fully saturated rings. The molecular weight excluding hydrogens is 288 g/mol. The summed E-state index contributed by atoms with van der Waals surface area (Å²) in [5.74, 6) is 0.584. The Morgan fingerprint density at radius 1 is 1.29 bits per heavy atom. The molecule has 21 heavy (non-hydrogen) atoms. The minimum Gasteiger partial charge on any atom is -0.495 e. The first kappa shape index (κ1) is 15.6. The second kappa shape index (κ2) is 6.33. The fourth-order valence-electron chi connectivity index (χ4n) is 2.23. The minimum atomic E-state index is -0.521. The zero-order valence-electron chi connectivity index (χ0n) is 12.3. The number of methoxy groups -OCH3 is 1. The number of halogens is 1. The molecule has 0 spiro atoms. The summed E-state index contributed by atoms with van der Waals surface area (Å²) in [6.07, 6.45) is 1.77. The van der Waals surface area contributed by atoms with Gasteiger partial charge >= 0.3 is 0 Å². The molecule has 1 atom stereocenters. The normalized spacial score (nSPS) is 12.5. The smallest absolute Gasteiger partial charge is 0.255 e. The van der Waals surface area contributed by atoms with Crippen LogP contribution in [0, 0.1) is 0 Å². The van der Waals surface area contributed by atoms with Gasteiger partial charge in [0.25, 0.3) is 5.56 Å². The quantitative estimate of drug-likeness (QED) is 0.944. The number of hydrogen-bond acceptors (Lipinski definition) is 3. The first-order valence-electron chi connectivity index (χ1n) is 6.75. The molecule has 2 rings (SSSR count). The molecule has 0 bridgehead atoms. The zero-order chi connectivity index (χ0) is 15.6. The SMILES string of the molecule is COc1ccc(C(N)c2cccn(C(C)C)c2=O)cc1Cl. The van der Waals surface area contributed by atoms with Gasteiger partial charge in [-0.25, -0.2) is 0 Å². The monoisotopic (exact) mass is 306 g/mol. The highest BCUT2D eigenvalue weighted by Crippen LogP contribution is 2.28. The molecule has 0 saturated heterocycles. The molecule has 0 aliphatic carbocycles. The molecule has 2 N–H and O–H groups in total. The second-order valence-corrected chi connectivity index (χ2v) is 5.55. The molecule has 0 amide bonds. The van der Waals surface area contributed by atoms with E-state index in [9.17, 15) is 4.79 Å². The molecule has 0 radical (unpaired) electrons. The highest BCUT2D eigenvalue weighted by Gasteiger charge is 2.16. The van der Waals surface area contributed by atoms with Crippen LogP contribution in [0.25, 0.3) is 0 Å². The first-order valence-corrected chi connectivity index (χ1v) is 7.13. The minimum absolute atomic E-state index is 0.0769. The number of pyridine rings is 1. The lowest BCUT2D eigenvalue weighted by Gasteiger charge is -2.16. The Morgan fingerprint density at radius 2 is 2.00 bits per heavy atom. The maximum absolute atomic E-state index is 12.5. The highest BCUT2D eigenvalue weighted by atomic mass is 35.5. The Kier molecular flexibility index (Phi) is 4.70. The van der Waals surface area contributed by atoms with Gasteiger partial charge in [-0.2, -0.15) is 0 Å². The molecule has 5 heteroatoms. The lowest BCUT2D eigenvalue weighted by molar-refractivity contribution is 0.415. The van der Waals surface area contributed by atoms with E-state index >= 15 is 0 Å². The third-order valence-electron chi connectivity index (χ3n) is 3.43. The van der Waals surface area contributed by atoms with E-state index in [1.54, 1.807) is 36.1 Å². The van der Waals surface area contributed by atoms with Crippen LogP contribution < -0.4 is 16.0 Å². The second-order valence-electron chi connectivity index (χ2n) is 5.14. The van der Waals surface area contributed by atoms with E-state index in [-0.39, 0.29) is 11.6 Å². The lowest BCUT2D eigenvalue weighted by Crippen LogP contribution is -2.29. The van der Waals surface area contributed by atoms with Crippen molar-refractivity contribution in [3.05, 3.63) is 63.0 Å². The summed E-state index contributed by atoms with van der Waals surface area (Å²) in [5.41, 5.74) is 7.48. The molecular formula is C16H19ClN2O2. The third kappa shape index (κ3) is 3.12. The molecule has 112 valence electrons. The molecule has 1 unspecified atom stereocenters. The van der Waals surface area contributed by atoms with Gasteiger partial charge in [-0.3, -0.25) is 4.79 Å². The van der Waals surface area contributed by atoms with Crippen LogP contribution in [-0.4, -0.2) is 11.7 Å². The van der Waals surface area contributed by atoms with Crippen molar-refractivity contribution in [1.29, 1.82) is 0 Å². The van der Waals surface area contributed by atoms with Gasteiger partial charge in [0.05, 0.1) is 18.2 Å². The van der Waals surface area contributed by atoms with Gasteiger partial charge in [-0.05, 0) is 37.6 Å². The van der Waals surface area contributed by atoms with Gasteiger partial charge in [0.1, 0.15) is 5.75 Å². The van der Waals surface area contributed by atoms with Crippen LogP contribution in [0.5, 0.6) is 5.75 Å². The summed E-state index contributed by atoms with van der Waals surface area (Å²) in [7, 11) is 1.55. The van der Waals surface area contributed by atoms with Gasteiger partial charge in [0.2, 0.25) is 0 Å². The van der Waals surface area contributed by atoms with E-state index in [1.165, 1.54) is 0 Å². The van der Waals surface area contributed by atoms with Crippen molar-refractivity contribution in [2.75, 3.05) is 7.11 Å². The zero-order valence-corrected chi connectivity index (χ0v) is 13.1. The summed E-state index contributed by atoms with van der Waals surface area (Å²) >= 11 is 6.12. The molecule has 4 nitrogen and oxygen atoms in total. The number of hydrogen-bond donors (Lipinski definition) is 1. The Morgan fingerprint density at radius 3 is 2.57 bits per heavy atom. The fourth-order valence-corrected chi connectivity index (χ4v) is 2.49. The fraction of sp³-hybridized carbons (Fsp3) is 0.312. The number of ether oxygens (including phenoxy) is 1. The summed E-state index contributed by atoms with van der Waals surface area (Å²) in [6.45, 7) is 3.92. The van der Waals surface area contributed by atoms with E-state index < -0.39 is 6.04 Å². The van der Waals surface area contributed by atoms with Crippen LogP contribution in [0.3, 0.4) is 0 Å². The first-order chi connectivity index (χ1) is 9.95. The van der Waals surface area contributed by atoms with Crippen LogP contribution in [0.2, 0.25) is 5.02 Å². The van der Waals surface area contributed by atoms with Gasteiger partial charge in [0.15, 0.2) is 0 Å². The van der Waals surface area contributed by atoms with E-state index in [0.29, 0.717) is 16.3 Å². The van der Waals surface area contributed by atoms with Crippen molar-refractivity contribution in [2.45, 2.75) is 25.9 Å². The average molecular weight is 307 g/mol. The number of nitrogens with two attached hydrogens (primary N) is 1. The van der Waals surface area contributed by atoms with Crippen LogP contribution >= 0.6 is 11.6 Å². The Bertz CT molecular complexity index is 695. The molecule has 1 heterocycles. The largest absolute Gasteiger partial charge is 0.495 e. The van der Waals surface area contributed by atoms with E-state index in [2.05, 4.69) is 0 Å². The van der Waals surface area contributed by atoms with E-state index in [1.807, 2.05) is 26.0 Å². The third-order valence-corrected chi connectivity index (χ3v) is 3.73. The molecule has 1 aromatic heterocycles. The van der Waals surface area contributed by atoms with Crippen LogP contribution in [-0.2, 0) is 0 Å². The standard InChI is InChI=1S/C16H19ClN2O2/c1-10(2)19-8-4-5-12(16(19)20)15(18)11-6-7-14(21-3)13(17)9-11/h4-10,15H,18H2,1-3H3. The Labute approximate surface area is 129 Å². The van der Waals surface area contributed by atoms with Crippen molar-refractivity contribution in [1.82, 2.24) is 4.57 Å². The summed E-state index contributed by atoms with van der Waals surface area (Å²) in [4.78, 5) is 12.5. The number of rotatable bonds is 4. The van der Waals surface area contributed by atoms with Crippen molar-refractivity contribution >= 4 is 11.6 Å². The maximum Gasteiger partial charge on any atom is 0.255 e. The molecule has 2 aromatic rings. The number of nitrogens with zero attached hydrogens (tertiary/aromatic N) is 1. The molecule has 0 saturated carbocycles. The van der Waals surface area contributed by atoms with Crippen molar-refractivity contribution < 1.29 is 4.74 Å². The Hall–Kier alpha value is -1.78. The summed E-state index contributed by atoms with van der Waals surface area (Å²) in [6, 6.07) is 8.46. The van der Waals surface area contributed by atoms with Crippen LogP contribution in [0.15, 0.2) is 41.3 Å². The van der Waals surface area contributed by atoms with Crippen molar-refractivity contribution in [3.63, 3.8) is 0 Å². The molecule has 1 aromatic carbocycles. The summed E-state index contributed by atoms with van der Waals surface area (Å²) < 4.78 is 6.79.